The molecule has 3 heteroatoms. The predicted molar refractivity (Wildman–Crippen MR) is 49.9 cm³/mol. The van der Waals surface area contributed by atoms with Crippen LogP contribution in [0.15, 0.2) is 11.1 Å². The monoisotopic (exact) mass is 181 g/mol. The summed E-state index contributed by atoms with van der Waals surface area (Å²) in [4.78, 5) is 22.2. The van der Waals surface area contributed by atoms with Gasteiger partial charge in [-0.05, 0) is 12.3 Å². The minimum atomic E-state index is -0.225. The van der Waals surface area contributed by atoms with E-state index in [2.05, 4.69) is 5.32 Å². The Morgan fingerprint density at radius 2 is 1.85 bits per heavy atom. The standard InChI is InChI=1S/C10H15NO2/c1-6(10(2,3)4)7-5-8(12)11-9(7)13/h5H2,1-4H3,(H,11,12,13). The van der Waals surface area contributed by atoms with E-state index in [1.54, 1.807) is 0 Å². The van der Waals surface area contributed by atoms with E-state index >= 15 is 0 Å². The third-order valence-corrected chi connectivity index (χ3v) is 2.44. The van der Waals surface area contributed by atoms with Gasteiger partial charge in [-0.3, -0.25) is 14.9 Å². The van der Waals surface area contributed by atoms with Crippen LogP contribution >= 0.6 is 0 Å². The van der Waals surface area contributed by atoms with E-state index in [-0.39, 0.29) is 23.7 Å². The molecule has 0 unspecified atom stereocenters. The van der Waals surface area contributed by atoms with Crippen LogP contribution in [0.4, 0.5) is 0 Å². The van der Waals surface area contributed by atoms with Gasteiger partial charge in [-0.15, -0.1) is 0 Å². The van der Waals surface area contributed by atoms with Crippen LogP contribution in [0.3, 0.4) is 0 Å². The van der Waals surface area contributed by atoms with E-state index in [4.69, 9.17) is 0 Å². The summed E-state index contributed by atoms with van der Waals surface area (Å²) in [6, 6.07) is 0. The molecule has 72 valence electrons. The summed E-state index contributed by atoms with van der Waals surface area (Å²) in [6.07, 6.45) is 0.238. The number of imide groups is 1. The van der Waals surface area contributed by atoms with Gasteiger partial charge in [-0.2, -0.15) is 0 Å². The van der Waals surface area contributed by atoms with Crippen molar-refractivity contribution in [2.24, 2.45) is 5.41 Å². The maximum Gasteiger partial charge on any atom is 0.254 e. The molecular formula is C10H15NO2. The smallest absolute Gasteiger partial charge is 0.254 e. The van der Waals surface area contributed by atoms with Gasteiger partial charge in [0, 0.05) is 5.57 Å². The lowest BCUT2D eigenvalue weighted by Gasteiger charge is -2.20. The molecule has 1 aliphatic heterocycles. The molecule has 0 aliphatic carbocycles. The maximum absolute atomic E-state index is 11.3. The van der Waals surface area contributed by atoms with Gasteiger partial charge >= 0.3 is 0 Å². The first-order chi connectivity index (χ1) is 5.82. The van der Waals surface area contributed by atoms with Crippen molar-refractivity contribution in [3.8, 4) is 0 Å². The van der Waals surface area contributed by atoms with Gasteiger partial charge in [-0.25, -0.2) is 0 Å². The van der Waals surface area contributed by atoms with E-state index in [0.29, 0.717) is 5.57 Å². The lowest BCUT2D eigenvalue weighted by atomic mass is 9.84. The van der Waals surface area contributed by atoms with Crippen LogP contribution in [0.1, 0.15) is 34.1 Å². The highest BCUT2D eigenvalue weighted by Crippen LogP contribution is 2.30. The van der Waals surface area contributed by atoms with Crippen LogP contribution in [-0.2, 0) is 9.59 Å². The summed E-state index contributed by atoms with van der Waals surface area (Å²) in [7, 11) is 0. The van der Waals surface area contributed by atoms with Crippen molar-refractivity contribution in [2.75, 3.05) is 0 Å². The third-order valence-electron chi connectivity index (χ3n) is 2.44. The zero-order valence-corrected chi connectivity index (χ0v) is 8.52. The van der Waals surface area contributed by atoms with Crippen molar-refractivity contribution in [1.82, 2.24) is 5.32 Å². The minimum Gasteiger partial charge on any atom is -0.292 e. The summed E-state index contributed by atoms with van der Waals surface area (Å²) in [5.41, 5.74) is 1.59. The van der Waals surface area contributed by atoms with E-state index < -0.39 is 0 Å². The second-order valence-electron chi connectivity index (χ2n) is 4.41. The second kappa shape index (κ2) is 2.98. The highest BCUT2D eigenvalue weighted by molar-refractivity contribution is 6.13. The lowest BCUT2D eigenvalue weighted by Crippen LogP contribution is -2.20. The van der Waals surface area contributed by atoms with E-state index in [9.17, 15) is 9.59 Å². The largest absolute Gasteiger partial charge is 0.292 e. The number of amides is 2. The molecule has 1 aliphatic rings. The Hall–Kier alpha value is -1.12. The fourth-order valence-electron chi connectivity index (χ4n) is 1.24. The molecule has 0 aromatic heterocycles. The number of allylic oxidation sites excluding steroid dienone is 1. The maximum atomic E-state index is 11.3. The van der Waals surface area contributed by atoms with Crippen LogP contribution in [0.2, 0.25) is 0 Å². The van der Waals surface area contributed by atoms with E-state index in [1.807, 2.05) is 27.7 Å². The van der Waals surface area contributed by atoms with Crippen LogP contribution in [0.5, 0.6) is 0 Å². The molecule has 0 saturated carbocycles. The number of hydrogen-bond donors (Lipinski definition) is 1. The average molecular weight is 181 g/mol. The Morgan fingerprint density at radius 3 is 2.15 bits per heavy atom. The van der Waals surface area contributed by atoms with Gasteiger partial charge < -0.3 is 0 Å². The molecule has 0 spiro atoms. The highest BCUT2D eigenvalue weighted by atomic mass is 16.2. The third kappa shape index (κ3) is 1.97. The molecule has 0 aromatic rings. The van der Waals surface area contributed by atoms with Gasteiger partial charge in [-0.1, -0.05) is 26.3 Å². The molecule has 1 saturated heterocycles. The average Bonchev–Trinajstić information content (AvgIpc) is 2.26. The molecule has 1 rings (SSSR count). The van der Waals surface area contributed by atoms with Crippen molar-refractivity contribution in [1.29, 1.82) is 0 Å². The molecule has 2 amide bonds. The fourth-order valence-corrected chi connectivity index (χ4v) is 1.24. The van der Waals surface area contributed by atoms with Gasteiger partial charge in [0.1, 0.15) is 0 Å². The number of hydrogen-bond acceptors (Lipinski definition) is 2. The Bertz CT molecular complexity index is 295. The number of rotatable bonds is 0. The summed E-state index contributed by atoms with van der Waals surface area (Å²) < 4.78 is 0. The summed E-state index contributed by atoms with van der Waals surface area (Å²) in [6.45, 7) is 8.01. The predicted octanol–water partition coefficient (Wildman–Crippen LogP) is 1.40. The molecule has 1 fully saturated rings. The summed E-state index contributed by atoms with van der Waals surface area (Å²) in [5.74, 6) is -0.416. The van der Waals surface area contributed by atoms with Crippen molar-refractivity contribution < 1.29 is 9.59 Å². The highest BCUT2D eigenvalue weighted by Gasteiger charge is 2.29. The Labute approximate surface area is 78.2 Å². The Balaban J connectivity index is 3.06. The van der Waals surface area contributed by atoms with Gasteiger partial charge in [0.2, 0.25) is 5.91 Å². The van der Waals surface area contributed by atoms with Crippen LogP contribution in [0.25, 0.3) is 0 Å². The fraction of sp³-hybridized carbons (Fsp3) is 0.600. The van der Waals surface area contributed by atoms with E-state index in [1.165, 1.54) is 0 Å². The van der Waals surface area contributed by atoms with Gasteiger partial charge in [0.05, 0.1) is 6.42 Å². The van der Waals surface area contributed by atoms with Crippen LogP contribution in [-0.4, -0.2) is 11.8 Å². The number of nitrogens with one attached hydrogen (secondary N) is 1. The zero-order chi connectivity index (χ0) is 10.2. The van der Waals surface area contributed by atoms with E-state index in [0.717, 1.165) is 5.57 Å². The lowest BCUT2D eigenvalue weighted by molar-refractivity contribution is -0.124. The first-order valence-corrected chi connectivity index (χ1v) is 4.37. The number of carbonyl (C=O) groups is 2. The summed E-state index contributed by atoms with van der Waals surface area (Å²) >= 11 is 0. The quantitative estimate of drug-likeness (QED) is 0.453. The van der Waals surface area contributed by atoms with Gasteiger partial charge in [0.15, 0.2) is 0 Å². The topological polar surface area (TPSA) is 46.2 Å². The molecule has 0 atom stereocenters. The molecular weight excluding hydrogens is 166 g/mol. The van der Waals surface area contributed by atoms with Crippen LogP contribution < -0.4 is 5.32 Å². The van der Waals surface area contributed by atoms with Crippen molar-refractivity contribution >= 4 is 11.8 Å². The molecule has 1 heterocycles. The molecule has 13 heavy (non-hydrogen) atoms. The second-order valence-corrected chi connectivity index (χ2v) is 4.41. The normalized spacial score (nSPS) is 21.8. The minimum absolute atomic E-state index is 0.0444. The van der Waals surface area contributed by atoms with Gasteiger partial charge in [0.25, 0.3) is 5.91 Å². The molecule has 0 bridgehead atoms. The van der Waals surface area contributed by atoms with Crippen molar-refractivity contribution in [3.05, 3.63) is 11.1 Å². The first kappa shape index (κ1) is 9.96. The number of carbonyl (C=O) groups excluding carboxylic acids is 2. The summed E-state index contributed by atoms with van der Waals surface area (Å²) in [5, 5.41) is 2.28. The molecule has 0 aromatic carbocycles. The Kier molecular flexibility index (Phi) is 2.28. The van der Waals surface area contributed by atoms with Crippen molar-refractivity contribution in [3.63, 3.8) is 0 Å². The molecule has 3 nitrogen and oxygen atoms in total. The Morgan fingerprint density at radius 1 is 1.31 bits per heavy atom. The first-order valence-electron chi connectivity index (χ1n) is 4.37. The van der Waals surface area contributed by atoms with Crippen molar-refractivity contribution in [2.45, 2.75) is 34.1 Å². The zero-order valence-electron chi connectivity index (χ0n) is 8.52. The molecule has 1 N–H and O–H groups in total. The molecule has 0 radical (unpaired) electrons. The van der Waals surface area contributed by atoms with Crippen LogP contribution in [0, 0.1) is 5.41 Å². The SMILES string of the molecule is CC(=C1CC(=O)NC1=O)C(C)(C)C.